The van der Waals surface area contributed by atoms with Crippen LogP contribution in [0.4, 0.5) is 19.0 Å². The number of aromatic nitrogens is 2. The van der Waals surface area contributed by atoms with Crippen molar-refractivity contribution >= 4 is 11.7 Å². The molecule has 0 bridgehead atoms. The molecule has 1 aromatic heterocycles. The number of amides is 1. The summed E-state index contributed by atoms with van der Waals surface area (Å²) in [5.41, 5.74) is 0.746. The standard InChI is InChI=1S/C22H28F3N5O3/c1-32-16-5-2-4-15(12-16)18-13-19(22(23,24)25)30-20(28-18)17(14-27-30)21(31)26-6-3-7-29-8-10-33-11-9-29/h2,4-5,12,14,18-19,28H,3,6-11,13H2,1H3,(H,26,31). The third-order valence-electron chi connectivity index (χ3n) is 6.02. The predicted molar refractivity (Wildman–Crippen MR) is 116 cm³/mol. The molecule has 180 valence electrons. The Balaban J connectivity index is 1.48. The third kappa shape index (κ3) is 5.41. The molecular weight excluding hydrogens is 439 g/mol. The molecule has 1 aromatic carbocycles. The first-order valence-electron chi connectivity index (χ1n) is 11.0. The molecule has 0 radical (unpaired) electrons. The van der Waals surface area contributed by atoms with Crippen molar-refractivity contribution in [3.63, 3.8) is 0 Å². The van der Waals surface area contributed by atoms with E-state index in [0.717, 1.165) is 30.7 Å². The summed E-state index contributed by atoms with van der Waals surface area (Å²) in [7, 11) is 1.50. The van der Waals surface area contributed by atoms with Gasteiger partial charge in [0.2, 0.25) is 0 Å². The van der Waals surface area contributed by atoms with Gasteiger partial charge in [-0.3, -0.25) is 9.69 Å². The Morgan fingerprint density at radius 3 is 2.85 bits per heavy atom. The van der Waals surface area contributed by atoms with Gasteiger partial charge in [-0.15, -0.1) is 0 Å². The number of hydrogen-bond donors (Lipinski definition) is 2. The lowest BCUT2D eigenvalue weighted by Gasteiger charge is -2.34. The van der Waals surface area contributed by atoms with Crippen LogP contribution in [-0.4, -0.2) is 73.3 Å². The first kappa shape index (κ1) is 23.4. The van der Waals surface area contributed by atoms with Crippen LogP contribution >= 0.6 is 0 Å². The fourth-order valence-electron chi connectivity index (χ4n) is 4.23. The van der Waals surface area contributed by atoms with Crippen molar-refractivity contribution in [1.29, 1.82) is 0 Å². The van der Waals surface area contributed by atoms with Gasteiger partial charge in [-0.1, -0.05) is 12.1 Å². The Morgan fingerprint density at radius 1 is 1.33 bits per heavy atom. The molecule has 2 atom stereocenters. The molecule has 4 rings (SSSR count). The molecule has 2 N–H and O–H groups in total. The number of morpholine rings is 1. The molecule has 2 unspecified atom stereocenters. The van der Waals surface area contributed by atoms with E-state index in [4.69, 9.17) is 9.47 Å². The minimum atomic E-state index is -4.51. The first-order valence-corrected chi connectivity index (χ1v) is 11.0. The summed E-state index contributed by atoms with van der Waals surface area (Å²) >= 11 is 0. The lowest BCUT2D eigenvalue weighted by Crippen LogP contribution is -2.38. The molecule has 1 amide bonds. The molecule has 1 fully saturated rings. The number of nitrogens with one attached hydrogen (secondary N) is 2. The topological polar surface area (TPSA) is 80.7 Å². The number of nitrogens with zero attached hydrogens (tertiary/aromatic N) is 3. The molecular formula is C22H28F3N5O3. The average molecular weight is 467 g/mol. The van der Waals surface area contributed by atoms with E-state index in [-0.39, 0.29) is 17.8 Å². The van der Waals surface area contributed by atoms with Gasteiger partial charge in [0.05, 0.1) is 32.6 Å². The van der Waals surface area contributed by atoms with Crippen molar-refractivity contribution in [2.45, 2.75) is 31.1 Å². The Hall–Kier alpha value is -2.79. The summed E-state index contributed by atoms with van der Waals surface area (Å²) in [4.78, 5) is 15.0. The van der Waals surface area contributed by atoms with Crippen molar-refractivity contribution in [1.82, 2.24) is 20.0 Å². The van der Waals surface area contributed by atoms with Gasteiger partial charge in [-0.2, -0.15) is 18.3 Å². The van der Waals surface area contributed by atoms with Gasteiger partial charge in [0, 0.05) is 26.1 Å². The molecule has 1 saturated heterocycles. The van der Waals surface area contributed by atoms with Crippen molar-refractivity contribution < 1.29 is 27.4 Å². The molecule has 2 aliphatic rings. The van der Waals surface area contributed by atoms with Crippen LogP contribution in [-0.2, 0) is 4.74 Å². The number of alkyl halides is 3. The minimum absolute atomic E-state index is 0.0714. The number of hydrogen-bond acceptors (Lipinski definition) is 6. The highest BCUT2D eigenvalue weighted by atomic mass is 19.4. The summed E-state index contributed by atoms with van der Waals surface area (Å²) in [6.45, 7) is 4.37. The van der Waals surface area contributed by atoms with Crippen LogP contribution in [0.3, 0.4) is 0 Å². The zero-order chi connectivity index (χ0) is 23.4. The second-order valence-electron chi connectivity index (χ2n) is 8.18. The zero-order valence-electron chi connectivity index (χ0n) is 18.4. The number of anilines is 1. The maximum Gasteiger partial charge on any atom is 0.410 e. The minimum Gasteiger partial charge on any atom is -0.497 e. The van der Waals surface area contributed by atoms with Crippen LogP contribution in [0.2, 0.25) is 0 Å². The van der Waals surface area contributed by atoms with Gasteiger partial charge in [-0.05, 0) is 30.7 Å². The van der Waals surface area contributed by atoms with Crippen molar-refractivity contribution in [2.24, 2.45) is 0 Å². The number of rotatable bonds is 7. The SMILES string of the molecule is COc1cccc(C2CC(C(F)(F)F)n3ncc(C(=O)NCCCN4CCOCC4)c3N2)c1. The smallest absolute Gasteiger partial charge is 0.410 e. The normalized spacial score (nSPS) is 21.2. The highest BCUT2D eigenvalue weighted by Crippen LogP contribution is 2.44. The lowest BCUT2D eigenvalue weighted by atomic mass is 9.96. The van der Waals surface area contributed by atoms with E-state index in [1.165, 1.54) is 13.3 Å². The maximum atomic E-state index is 13.9. The van der Waals surface area contributed by atoms with Gasteiger partial charge >= 0.3 is 6.18 Å². The average Bonchev–Trinajstić information content (AvgIpc) is 3.25. The molecule has 11 heteroatoms. The molecule has 8 nitrogen and oxygen atoms in total. The second-order valence-corrected chi connectivity index (χ2v) is 8.18. The van der Waals surface area contributed by atoms with E-state index in [0.29, 0.717) is 31.1 Å². The summed E-state index contributed by atoms with van der Waals surface area (Å²) in [5, 5.41) is 9.83. The van der Waals surface area contributed by atoms with Crippen LogP contribution in [0.15, 0.2) is 30.5 Å². The van der Waals surface area contributed by atoms with E-state index in [1.54, 1.807) is 24.3 Å². The number of ether oxygens (including phenoxy) is 2. The van der Waals surface area contributed by atoms with Crippen molar-refractivity contribution in [2.75, 3.05) is 51.8 Å². The summed E-state index contributed by atoms with van der Waals surface area (Å²) in [5.74, 6) is 0.176. The van der Waals surface area contributed by atoms with Crippen molar-refractivity contribution in [3.8, 4) is 5.75 Å². The monoisotopic (exact) mass is 467 g/mol. The number of fused-ring (bicyclic) bond motifs is 1. The van der Waals surface area contributed by atoms with Gasteiger partial charge in [-0.25, -0.2) is 4.68 Å². The van der Waals surface area contributed by atoms with E-state index < -0.39 is 24.2 Å². The van der Waals surface area contributed by atoms with Crippen LogP contribution in [0.5, 0.6) is 5.75 Å². The number of halogens is 3. The Kier molecular flexibility index (Phi) is 7.08. The first-order chi connectivity index (χ1) is 15.9. The van der Waals surface area contributed by atoms with Gasteiger partial charge < -0.3 is 20.1 Å². The molecule has 3 heterocycles. The molecule has 33 heavy (non-hydrogen) atoms. The zero-order valence-corrected chi connectivity index (χ0v) is 18.4. The lowest BCUT2D eigenvalue weighted by molar-refractivity contribution is -0.173. The van der Waals surface area contributed by atoms with E-state index in [1.807, 2.05) is 0 Å². The number of carbonyl (C=O) groups is 1. The van der Waals surface area contributed by atoms with Gasteiger partial charge in [0.1, 0.15) is 17.1 Å². The van der Waals surface area contributed by atoms with Crippen molar-refractivity contribution in [3.05, 3.63) is 41.6 Å². The highest BCUT2D eigenvalue weighted by molar-refractivity contribution is 5.98. The van der Waals surface area contributed by atoms with Gasteiger partial charge in [0.15, 0.2) is 6.04 Å². The molecule has 0 spiro atoms. The van der Waals surface area contributed by atoms with Crippen LogP contribution in [0.1, 0.15) is 40.8 Å². The molecule has 2 aliphatic heterocycles. The van der Waals surface area contributed by atoms with E-state index in [2.05, 4.69) is 20.6 Å². The Labute approximate surface area is 190 Å². The fraction of sp³-hybridized carbons (Fsp3) is 0.545. The van der Waals surface area contributed by atoms with Gasteiger partial charge in [0.25, 0.3) is 5.91 Å². The Bertz CT molecular complexity index is 959. The number of carbonyl (C=O) groups excluding carboxylic acids is 1. The predicted octanol–water partition coefficient (Wildman–Crippen LogP) is 3.00. The van der Waals surface area contributed by atoms with Crippen LogP contribution in [0.25, 0.3) is 0 Å². The maximum absolute atomic E-state index is 13.9. The fourth-order valence-corrected chi connectivity index (χ4v) is 4.23. The highest BCUT2D eigenvalue weighted by Gasteiger charge is 2.47. The number of benzene rings is 1. The summed E-state index contributed by atoms with van der Waals surface area (Å²) < 4.78 is 53.0. The van der Waals surface area contributed by atoms with Crippen LogP contribution in [0, 0.1) is 0 Å². The largest absolute Gasteiger partial charge is 0.497 e. The molecule has 0 aliphatic carbocycles. The van der Waals surface area contributed by atoms with Crippen LogP contribution < -0.4 is 15.4 Å². The summed E-state index contributed by atoms with van der Waals surface area (Å²) in [6.07, 6.45) is -2.82. The van der Waals surface area contributed by atoms with E-state index >= 15 is 0 Å². The molecule has 2 aromatic rings. The second kappa shape index (κ2) is 10.0. The summed E-state index contributed by atoms with van der Waals surface area (Å²) in [6, 6.07) is 4.41. The third-order valence-corrected chi connectivity index (χ3v) is 6.02. The molecule has 0 saturated carbocycles. The quantitative estimate of drug-likeness (QED) is 0.610. The Morgan fingerprint density at radius 2 is 2.12 bits per heavy atom. The number of methoxy groups -OCH3 is 1. The van der Waals surface area contributed by atoms with E-state index in [9.17, 15) is 18.0 Å².